The molecular weight excluding hydrogens is 286 g/mol. The van der Waals surface area contributed by atoms with Crippen LogP contribution < -0.4 is 5.32 Å². The lowest BCUT2D eigenvalue weighted by atomic mass is 10.2. The molecule has 0 aliphatic rings. The van der Waals surface area contributed by atoms with Gasteiger partial charge in [-0.15, -0.1) is 0 Å². The number of imidazole rings is 1. The van der Waals surface area contributed by atoms with Crippen LogP contribution in [0.2, 0.25) is 0 Å². The highest BCUT2D eigenvalue weighted by atomic mass is 16.1. The van der Waals surface area contributed by atoms with Gasteiger partial charge in [-0.3, -0.25) is 4.79 Å². The highest BCUT2D eigenvalue weighted by Gasteiger charge is 2.14. The molecule has 0 aliphatic carbocycles. The standard InChI is InChI=1S/C19H19N3O/c1-15(20-14-23)19-21-17-11-5-6-12-18(17)22(19)13-7-10-16-8-3-2-4-9-16/h2-12,14-15H,13H2,1H3,(H,20,23)/b10-7-. The van der Waals surface area contributed by atoms with E-state index in [1.807, 2.05) is 43.3 Å². The van der Waals surface area contributed by atoms with Gasteiger partial charge in [-0.1, -0.05) is 54.6 Å². The first kappa shape index (κ1) is 15.0. The van der Waals surface area contributed by atoms with E-state index in [4.69, 9.17) is 0 Å². The molecule has 116 valence electrons. The van der Waals surface area contributed by atoms with Gasteiger partial charge in [0, 0.05) is 6.54 Å². The molecule has 1 amide bonds. The maximum absolute atomic E-state index is 10.8. The van der Waals surface area contributed by atoms with E-state index in [1.165, 1.54) is 0 Å². The van der Waals surface area contributed by atoms with Gasteiger partial charge >= 0.3 is 0 Å². The minimum absolute atomic E-state index is 0.134. The van der Waals surface area contributed by atoms with Crippen LogP contribution in [0, 0.1) is 0 Å². The van der Waals surface area contributed by atoms with E-state index >= 15 is 0 Å². The summed E-state index contributed by atoms with van der Waals surface area (Å²) in [6, 6.07) is 18.1. The van der Waals surface area contributed by atoms with Crippen molar-refractivity contribution in [3.63, 3.8) is 0 Å². The molecule has 3 aromatic rings. The number of hydrogen-bond acceptors (Lipinski definition) is 2. The van der Waals surface area contributed by atoms with Gasteiger partial charge in [0.1, 0.15) is 5.82 Å². The lowest BCUT2D eigenvalue weighted by Gasteiger charge is -2.12. The zero-order valence-electron chi connectivity index (χ0n) is 13.0. The monoisotopic (exact) mass is 305 g/mol. The van der Waals surface area contributed by atoms with Crippen LogP contribution in [0.15, 0.2) is 60.7 Å². The van der Waals surface area contributed by atoms with E-state index in [2.05, 4.69) is 45.2 Å². The van der Waals surface area contributed by atoms with Crippen molar-refractivity contribution in [2.45, 2.75) is 19.5 Å². The second-order valence-electron chi connectivity index (χ2n) is 5.39. The first-order valence-electron chi connectivity index (χ1n) is 7.66. The molecule has 3 rings (SSSR count). The third-order valence-corrected chi connectivity index (χ3v) is 3.79. The summed E-state index contributed by atoms with van der Waals surface area (Å²) < 4.78 is 2.13. The highest BCUT2D eigenvalue weighted by molar-refractivity contribution is 5.76. The van der Waals surface area contributed by atoms with Gasteiger partial charge in [0.25, 0.3) is 0 Å². The average Bonchev–Trinajstić information content (AvgIpc) is 2.95. The lowest BCUT2D eigenvalue weighted by molar-refractivity contribution is -0.110. The predicted octanol–water partition coefficient (Wildman–Crippen LogP) is 3.56. The Labute approximate surface area is 135 Å². The summed E-state index contributed by atoms with van der Waals surface area (Å²) in [6.45, 7) is 2.64. The highest BCUT2D eigenvalue weighted by Crippen LogP contribution is 2.20. The first-order chi connectivity index (χ1) is 11.3. The molecule has 4 nitrogen and oxygen atoms in total. The van der Waals surface area contributed by atoms with Crippen molar-refractivity contribution < 1.29 is 4.79 Å². The normalized spacial score (nSPS) is 12.6. The fourth-order valence-corrected chi connectivity index (χ4v) is 2.65. The summed E-state index contributed by atoms with van der Waals surface area (Å²) in [5, 5.41) is 2.78. The van der Waals surface area contributed by atoms with Gasteiger partial charge in [-0.25, -0.2) is 4.98 Å². The molecule has 0 fully saturated rings. The molecule has 0 radical (unpaired) electrons. The summed E-state index contributed by atoms with van der Waals surface area (Å²) in [5.41, 5.74) is 3.17. The number of nitrogens with zero attached hydrogens (tertiary/aromatic N) is 2. The largest absolute Gasteiger partial charge is 0.349 e. The van der Waals surface area contributed by atoms with Gasteiger partial charge in [0.05, 0.1) is 17.1 Å². The molecule has 1 N–H and O–H groups in total. The SMILES string of the molecule is CC(NC=O)c1nc2ccccc2n1C/C=C\c1ccccc1. The van der Waals surface area contributed by atoms with E-state index in [0.29, 0.717) is 13.0 Å². The molecule has 2 aromatic carbocycles. The molecule has 0 spiro atoms. The Balaban J connectivity index is 1.93. The van der Waals surface area contributed by atoms with Crippen LogP contribution in [-0.4, -0.2) is 16.0 Å². The number of carbonyl (C=O) groups excluding carboxylic acids is 1. The second kappa shape index (κ2) is 6.92. The minimum Gasteiger partial charge on any atom is -0.349 e. The number of benzene rings is 2. The van der Waals surface area contributed by atoms with Crippen molar-refractivity contribution in [3.05, 3.63) is 72.1 Å². The fourth-order valence-electron chi connectivity index (χ4n) is 2.65. The molecule has 1 atom stereocenters. The molecule has 1 heterocycles. The molecule has 0 saturated heterocycles. The third-order valence-electron chi connectivity index (χ3n) is 3.79. The fraction of sp³-hybridized carbons (Fsp3) is 0.158. The van der Waals surface area contributed by atoms with Crippen molar-refractivity contribution in [2.24, 2.45) is 0 Å². The molecule has 0 aliphatic heterocycles. The Bertz CT molecular complexity index is 821. The number of carbonyl (C=O) groups is 1. The van der Waals surface area contributed by atoms with Crippen molar-refractivity contribution in [2.75, 3.05) is 0 Å². The number of rotatable bonds is 6. The molecule has 0 bridgehead atoms. The topological polar surface area (TPSA) is 46.9 Å². The van der Waals surface area contributed by atoms with Gasteiger partial charge in [0.15, 0.2) is 0 Å². The molecular formula is C19H19N3O. The summed E-state index contributed by atoms with van der Waals surface area (Å²) in [6.07, 6.45) is 4.92. The number of fused-ring (bicyclic) bond motifs is 1. The summed E-state index contributed by atoms with van der Waals surface area (Å²) >= 11 is 0. The van der Waals surface area contributed by atoms with Gasteiger partial charge in [0.2, 0.25) is 6.41 Å². The van der Waals surface area contributed by atoms with Crippen LogP contribution in [0.5, 0.6) is 0 Å². The van der Waals surface area contributed by atoms with E-state index in [9.17, 15) is 4.79 Å². The van der Waals surface area contributed by atoms with E-state index in [1.54, 1.807) is 0 Å². The van der Waals surface area contributed by atoms with E-state index in [-0.39, 0.29) is 6.04 Å². The molecule has 0 saturated carbocycles. The maximum atomic E-state index is 10.8. The Morgan fingerprint density at radius 1 is 1.13 bits per heavy atom. The molecule has 1 aromatic heterocycles. The Kier molecular flexibility index (Phi) is 4.52. The van der Waals surface area contributed by atoms with Crippen LogP contribution in [-0.2, 0) is 11.3 Å². The number of hydrogen-bond donors (Lipinski definition) is 1. The zero-order valence-corrected chi connectivity index (χ0v) is 13.0. The van der Waals surface area contributed by atoms with Gasteiger partial charge in [-0.05, 0) is 24.6 Å². The third kappa shape index (κ3) is 3.31. The van der Waals surface area contributed by atoms with Crippen molar-refractivity contribution >= 4 is 23.5 Å². The maximum Gasteiger partial charge on any atom is 0.207 e. The number of amides is 1. The van der Waals surface area contributed by atoms with Crippen LogP contribution in [0.1, 0.15) is 24.4 Å². The second-order valence-corrected chi connectivity index (χ2v) is 5.39. The summed E-state index contributed by atoms with van der Waals surface area (Å²) in [5.74, 6) is 0.857. The predicted molar refractivity (Wildman–Crippen MR) is 92.8 cm³/mol. The number of aromatic nitrogens is 2. The van der Waals surface area contributed by atoms with Gasteiger partial charge in [-0.2, -0.15) is 0 Å². The molecule has 23 heavy (non-hydrogen) atoms. The Morgan fingerprint density at radius 2 is 1.87 bits per heavy atom. The van der Waals surface area contributed by atoms with E-state index < -0.39 is 0 Å². The number of nitrogens with one attached hydrogen (secondary N) is 1. The average molecular weight is 305 g/mol. The molecule has 1 unspecified atom stereocenters. The zero-order chi connectivity index (χ0) is 16.1. The Hall–Kier alpha value is -2.88. The van der Waals surface area contributed by atoms with Crippen LogP contribution in [0.25, 0.3) is 17.1 Å². The lowest BCUT2D eigenvalue weighted by Crippen LogP contribution is -2.20. The smallest absolute Gasteiger partial charge is 0.207 e. The van der Waals surface area contributed by atoms with Gasteiger partial charge < -0.3 is 9.88 Å². The summed E-state index contributed by atoms with van der Waals surface area (Å²) in [4.78, 5) is 15.4. The van der Waals surface area contributed by atoms with Crippen molar-refractivity contribution in [1.82, 2.24) is 14.9 Å². The molecule has 4 heteroatoms. The van der Waals surface area contributed by atoms with Crippen molar-refractivity contribution in [1.29, 1.82) is 0 Å². The van der Waals surface area contributed by atoms with Crippen LogP contribution in [0.4, 0.5) is 0 Å². The first-order valence-corrected chi connectivity index (χ1v) is 7.66. The number of para-hydroxylation sites is 2. The van der Waals surface area contributed by atoms with Crippen LogP contribution in [0.3, 0.4) is 0 Å². The van der Waals surface area contributed by atoms with Crippen LogP contribution >= 0.6 is 0 Å². The van der Waals surface area contributed by atoms with Crippen molar-refractivity contribution in [3.8, 4) is 0 Å². The van der Waals surface area contributed by atoms with E-state index in [0.717, 1.165) is 22.4 Å². The summed E-state index contributed by atoms with van der Waals surface area (Å²) in [7, 11) is 0. The quantitative estimate of drug-likeness (QED) is 0.708. The Morgan fingerprint density at radius 3 is 2.65 bits per heavy atom. The number of allylic oxidation sites excluding steroid dienone is 1. The minimum atomic E-state index is -0.134.